The Morgan fingerprint density at radius 3 is 2.62 bits per heavy atom. The largest absolute Gasteiger partial charge is 0.493 e. The Kier molecular flexibility index (Phi) is 5.40. The van der Waals surface area contributed by atoms with Gasteiger partial charge in [-0.25, -0.2) is 9.18 Å². The topological polar surface area (TPSA) is 50.8 Å². The zero-order chi connectivity index (χ0) is 20.4. The van der Waals surface area contributed by atoms with E-state index in [0.717, 1.165) is 16.0 Å². The van der Waals surface area contributed by atoms with Crippen molar-refractivity contribution in [2.24, 2.45) is 0 Å². The first-order chi connectivity index (χ1) is 14.1. The van der Waals surface area contributed by atoms with Gasteiger partial charge in [0.15, 0.2) is 11.5 Å². The van der Waals surface area contributed by atoms with Crippen LogP contribution in [0.3, 0.4) is 0 Å². The Morgan fingerprint density at radius 2 is 1.93 bits per heavy atom. The van der Waals surface area contributed by atoms with E-state index in [0.29, 0.717) is 30.2 Å². The highest BCUT2D eigenvalue weighted by Gasteiger charge is 2.34. The lowest BCUT2D eigenvalue weighted by atomic mass is 9.91. The van der Waals surface area contributed by atoms with Crippen LogP contribution < -0.4 is 14.8 Å². The molecule has 2 heterocycles. The second-order valence-corrected chi connectivity index (χ2v) is 7.69. The number of methoxy groups -OCH3 is 2. The molecule has 0 radical (unpaired) electrons. The summed E-state index contributed by atoms with van der Waals surface area (Å²) in [6.07, 6.45) is 0.689. The van der Waals surface area contributed by atoms with Gasteiger partial charge in [-0.3, -0.25) is 0 Å². The van der Waals surface area contributed by atoms with E-state index < -0.39 is 5.82 Å². The van der Waals surface area contributed by atoms with Gasteiger partial charge >= 0.3 is 6.03 Å². The molecule has 7 heteroatoms. The van der Waals surface area contributed by atoms with Crippen LogP contribution in [-0.2, 0) is 6.42 Å². The molecule has 0 saturated carbocycles. The number of rotatable bonds is 4. The Labute approximate surface area is 172 Å². The smallest absolute Gasteiger partial charge is 0.322 e. The standard InChI is InChI=1S/C22H21FN2O3S/c1-27-18-11-14-8-9-25(22(26)24-16-6-3-5-15(23)12-16)21(20-7-4-10-29-20)17(14)13-19(18)28-2/h3-7,10-13,21H,8-9H2,1-2H3,(H,24,26). The summed E-state index contributed by atoms with van der Waals surface area (Å²) < 4.78 is 24.5. The molecule has 0 aliphatic carbocycles. The summed E-state index contributed by atoms with van der Waals surface area (Å²) in [5.74, 6) is 0.910. The zero-order valence-corrected chi connectivity index (χ0v) is 17.0. The number of amides is 2. The van der Waals surface area contributed by atoms with E-state index in [9.17, 15) is 9.18 Å². The first kappa shape index (κ1) is 19.3. The number of carbonyl (C=O) groups excluding carboxylic acids is 1. The van der Waals surface area contributed by atoms with Gasteiger partial charge in [0.25, 0.3) is 0 Å². The predicted molar refractivity (Wildman–Crippen MR) is 112 cm³/mol. The van der Waals surface area contributed by atoms with Crippen LogP contribution in [0.1, 0.15) is 22.0 Å². The number of fused-ring (bicyclic) bond motifs is 1. The molecule has 3 aromatic rings. The van der Waals surface area contributed by atoms with Gasteiger partial charge in [0.1, 0.15) is 5.82 Å². The number of ether oxygens (including phenoxy) is 2. The van der Waals surface area contributed by atoms with Crippen molar-refractivity contribution >= 4 is 23.1 Å². The van der Waals surface area contributed by atoms with Crippen molar-refractivity contribution in [3.63, 3.8) is 0 Å². The van der Waals surface area contributed by atoms with E-state index in [1.54, 1.807) is 42.6 Å². The number of nitrogens with zero attached hydrogens (tertiary/aromatic N) is 1. The lowest BCUT2D eigenvalue weighted by Crippen LogP contribution is -2.42. The average molecular weight is 412 g/mol. The average Bonchev–Trinajstić information content (AvgIpc) is 3.26. The van der Waals surface area contributed by atoms with Gasteiger partial charge in [-0.1, -0.05) is 12.1 Å². The number of benzene rings is 2. The van der Waals surface area contributed by atoms with Gasteiger partial charge < -0.3 is 19.7 Å². The van der Waals surface area contributed by atoms with E-state index >= 15 is 0 Å². The van der Waals surface area contributed by atoms with Crippen LogP contribution in [0.5, 0.6) is 11.5 Å². The minimum absolute atomic E-state index is 0.257. The van der Waals surface area contributed by atoms with E-state index in [4.69, 9.17) is 9.47 Å². The maximum absolute atomic E-state index is 13.5. The monoisotopic (exact) mass is 412 g/mol. The molecule has 1 unspecified atom stereocenters. The number of hydrogen-bond donors (Lipinski definition) is 1. The second-order valence-electron chi connectivity index (χ2n) is 6.71. The minimum Gasteiger partial charge on any atom is -0.493 e. The van der Waals surface area contributed by atoms with Crippen LogP contribution in [-0.4, -0.2) is 31.7 Å². The third kappa shape index (κ3) is 3.78. The molecule has 0 bridgehead atoms. The molecule has 1 atom stereocenters. The number of hydrogen-bond acceptors (Lipinski definition) is 4. The van der Waals surface area contributed by atoms with Crippen LogP contribution >= 0.6 is 11.3 Å². The molecule has 29 heavy (non-hydrogen) atoms. The minimum atomic E-state index is -0.390. The van der Waals surface area contributed by atoms with E-state index in [1.807, 2.05) is 29.6 Å². The van der Waals surface area contributed by atoms with Gasteiger partial charge in [0.2, 0.25) is 0 Å². The van der Waals surface area contributed by atoms with E-state index in [-0.39, 0.29) is 12.1 Å². The van der Waals surface area contributed by atoms with Crippen molar-refractivity contribution in [1.82, 2.24) is 4.90 Å². The van der Waals surface area contributed by atoms with Crippen LogP contribution in [0.4, 0.5) is 14.9 Å². The van der Waals surface area contributed by atoms with Gasteiger partial charge in [-0.2, -0.15) is 0 Å². The number of halogens is 1. The van der Waals surface area contributed by atoms with Crippen molar-refractivity contribution in [1.29, 1.82) is 0 Å². The molecule has 2 amide bonds. The molecule has 0 spiro atoms. The van der Waals surface area contributed by atoms with Crippen molar-refractivity contribution < 1.29 is 18.7 Å². The first-order valence-corrected chi connectivity index (χ1v) is 10.1. The van der Waals surface area contributed by atoms with Crippen LogP contribution in [0.2, 0.25) is 0 Å². The third-order valence-electron chi connectivity index (χ3n) is 5.02. The highest BCUT2D eigenvalue weighted by atomic mass is 32.1. The molecular formula is C22H21FN2O3S. The van der Waals surface area contributed by atoms with Crippen LogP contribution in [0, 0.1) is 5.82 Å². The molecule has 0 saturated heterocycles. The quantitative estimate of drug-likeness (QED) is 0.650. The Balaban J connectivity index is 1.73. The highest BCUT2D eigenvalue weighted by Crippen LogP contribution is 2.42. The number of urea groups is 1. The lowest BCUT2D eigenvalue weighted by Gasteiger charge is -2.37. The summed E-state index contributed by atoms with van der Waals surface area (Å²) >= 11 is 1.59. The van der Waals surface area contributed by atoms with Crippen molar-refractivity contribution in [3.8, 4) is 11.5 Å². The summed E-state index contributed by atoms with van der Waals surface area (Å²) in [7, 11) is 3.21. The maximum Gasteiger partial charge on any atom is 0.322 e. The second kappa shape index (κ2) is 8.13. The third-order valence-corrected chi connectivity index (χ3v) is 5.95. The SMILES string of the molecule is COc1cc2c(cc1OC)C(c1cccs1)N(C(=O)Nc1cccc(F)c1)CC2. The van der Waals surface area contributed by atoms with Crippen LogP contribution in [0.25, 0.3) is 0 Å². The summed E-state index contributed by atoms with van der Waals surface area (Å²) in [6.45, 7) is 0.534. The highest BCUT2D eigenvalue weighted by molar-refractivity contribution is 7.10. The fourth-order valence-corrected chi connectivity index (χ4v) is 4.53. The van der Waals surface area contributed by atoms with Crippen LogP contribution in [0.15, 0.2) is 53.9 Å². The van der Waals surface area contributed by atoms with E-state index in [2.05, 4.69) is 5.32 Å². The number of thiophene rings is 1. The summed E-state index contributed by atoms with van der Waals surface area (Å²) in [4.78, 5) is 15.9. The summed E-state index contributed by atoms with van der Waals surface area (Å²) in [5.41, 5.74) is 2.56. The van der Waals surface area contributed by atoms with Crippen molar-refractivity contribution in [3.05, 3.63) is 75.7 Å². The number of anilines is 1. The molecule has 1 aliphatic rings. The molecular weight excluding hydrogens is 391 g/mol. The fourth-order valence-electron chi connectivity index (χ4n) is 3.68. The molecule has 4 rings (SSSR count). The van der Waals surface area contributed by atoms with Crippen molar-refractivity contribution in [2.45, 2.75) is 12.5 Å². The van der Waals surface area contributed by atoms with Gasteiger partial charge in [-0.05, 0) is 59.3 Å². The van der Waals surface area contributed by atoms with Gasteiger partial charge in [0.05, 0.1) is 20.3 Å². The first-order valence-electron chi connectivity index (χ1n) is 9.22. The molecule has 1 aromatic heterocycles. The summed E-state index contributed by atoms with van der Waals surface area (Å²) in [6, 6.07) is 13.3. The van der Waals surface area contributed by atoms with Crippen molar-refractivity contribution in [2.75, 3.05) is 26.1 Å². The molecule has 150 valence electrons. The Morgan fingerprint density at radius 1 is 1.14 bits per heavy atom. The predicted octanol–water partition coefficient (Wildman–Crippen LogP) is 5.08. The summed E-state index contributed by atoms with van der Waals surface area (Å²) in [5, 5.41) is 4.82. The number of carbonyl (C=O) groups is 1. The zero-order valence-electron chi connectivity index (χ0n) is 16.1. The fraction of sp³-hybridized carbons (Fsp3) is 0.227. The van der Waals surface area contributed by atoms with Gasteiger partial charge in [-0.15, -0.1) is 11.3 Å². The maximum atomic E-state index is 13.5. The normalized spacial score (nSPS) is 15.6. The number of nitrogens with one attached hydrogen (secondary N) is 1. The molecule has 5 nitrogen and oxygen atoms in total. The van der Waals surface area contributed by atoms with E-state index in [1.165, 1.54) is 12.1 Å². The molecule has 1 aliphatic heterocycles. The molecule has 0 fully saturated rings. The molecule has 2 aromatic carbocycles. The molecule has 1 N–H and O–H groups in total. The Bertz CT molecular complexity index is 1020. The lowest BCUT2D eigenvalue weighted by molar-refractivity contribution is 0.194. The Hall–Kier alpha value is -3.06. The van der Waals surface area contributed by atoms with Gasteiger partial charge in [0, 0.05) is 17.1 Å².